The molecule has 0 fully saturated rings. The van der Waals surface area contributed by atoms with Gasteiger partial charge in [-0.25, -0.2) is 0 Å². The van der Waals surface area contributed by atoms with Crippen molar-refractivity contribution in [1.82, 2.24) is 0 Å². The molecule has 0 aliphatic rings. The van der Waals surface area contributed by atoms with Crippen LogP contribution >= 0.6 is 23.2 Å². The highest BCUT2D eigenvalue weighted by Gasteiger charge is 2.33. The van der Waals surface area contributed by atoms with Crippen molar-refractivity contribution in [3.63, 3.8) is 0 Å². The summed E-state index contributed by atoms with van der Waals surface area (Å²) in [5.74, 6) is -0.514. The van der Waals surface area contributed by atoms with Crippen molar-refractivity contribution in [2.45, 2.75) is 6.18 Å². The second-order valence-corrected chi connectivity index (χ2v) is 5.39. The monoisotopic (exact) mass is 362 g/mol. The van der Waals surface area contributed by atoms with Crippen LogP contribution in [0, 0.1) is 0 Å². The first kappa shape index (κ1) is 17.4. The van der Waals surface area contributed by atoms with Crippen molar-refractivity contribution in [1.29, 1.82) is 0 Å². The van der Waals surface area contributed by atoms with E-state index >= 15 is 0 Å². The highest BCUT2D eigenvalue weighted by Crippen LogP contribution is 2.36. The molecular formula is C15H11Cl2F3N2O. The van der Waals surface area contributed by atoms with Gasteiger partial charge in [0.1, 0.15) is 0 Å². The number of hydrogen-bond acceptors (Lipinski definition) is 2. The third-order valence-electron chi connectivity index (χ3n) is 2.87. The van der Waals surface area contributed by atoms with Crippen LogP contribution in [-0.2, 0) is 11.0 Å². The van der Waals surface area contributed by atoms with Crippen LogP contribution in [0.3, 0.4) is 0 Å². The summed E-state index contributed by atoms with van der Waals surface area (Å²) in [5, 5.41) is 5.18. The van der Waals surface area contributed by atoms with Gasteiger partial charge in [0.25, 0.3) is 0 Å². The number of amides is 1. The lowest BCUT2D eigenvalue weighted by molar-refractivity contribution is -0.137. The molecule has 0 unspecified atom stereocenters. The fourth-order valence-corrected chi connectivity index (χ4v) is 2.23. The largest absolute Gasteiger partial charge is 0.417 e. The number of rotatable bonds is 4. The molecule has 2 rings (SSSR count). The van der Waals surface area contributed by atoms with Crippen LogP contribution in [-0.4, -0.2) is 12.5 Å². The van der Waals surface area contributed by atoms with E-state index in [-0.39, 0.29) is 12.2 Å². The third-order valence-corrected chi connectivity index (χ3v) is 3.53. The summed E-state index contributed by atoms with van der Waals surface area (Å²) in [5.41, 5.74) is -0.444. The second kappa shape index (κ2) is 7.10. The molecule has 0 atom stereocenters. The summed E-state index contributed by atoms with van der Waals surface area (Å²) in [4.78, 5) is 11.8. The number of carbonyl (C=O) groups excluding carboxylic acids is 1. The Morgan fingerprint density at radius 1 is 1.04 bits per heavy atom. The van der Waals surface area contributed by atoms with Crippen LogP contribution in [0.1, 0.15) is 5.56 Å². The SMILES string of the molecule is O=C(CNc1ccccc1Cl)Nc1ccc(Cl)c(C(F)(F)F)c1. The Labute approximate surface area is 140 Å². The minimum Gasteiger partial charge on any atom is -0.375 e. The molecule has 8 heteroatoms. The smallest absolute Gasteiger partial charge is 0.375 e. The van der Waals surface area contributed by atoms with Crippen LogP contribution < -0.4 is 10.6 Å². The lowest BCUT2D eigenvalue weighted by Crippen LogP contribution is -2.22. The molecule has 0 spiro atoms. The van der Waals surface area contributed by atoms with Crippen molar-refractivity contribution in [2.24, 2.45) is 0 Å². The molecule has 0 aliphatic carbocycles. The van der Waals surface area contributed by atoms with Gasteiger partial charge < -0.3 is 10.6 Å². The maximum Gasteiger partial charge on any atom is 0.417 e. The van der Waals surface area contributed by atoms with E-state index in [2.05, 4.69) is 10.6 Å². The number of anilines is 2. The lowest BCUT2D eigenvalue weighted by Gasteiger charge is -2.12. The van der Waals surface area contributed by atoms with Crippen LogP contribution in [0.25, 0.3) is 0 Å². The first-order chi connectivity index (χ1) is 10.8. The van der Waals surface area contributed by atoms with Crippen molar-refractivity contribution < 1.29 is 18.0 Å². The van der Waals surface area contributed by atoms with Gasteiger partial charge in [0.2, 0.25) is 5.91 Å². The van der Waals surface area contributed by atoms with Gasteiger partial charge in [0.15, 0.2) is 0 Å². The first-order valence-electron chi connectivity index (χ1n) is 6.42. The number of carbonyl (C=O) groups is 1. The number of alkyl halides is 3. The molecule has 0 saturated heterocycles. The Morgan fingerprint density at radius 2 is 1.74 bits per heavy atom. The van der Waals surface area contributed by atoms with E-state index < -0.39 is 22.7 Å². The van der Waals surface area contributed by atoms with Gasteiger partial charge in [0, 0.05) is 5.69 Å². The van der Waals surface area contributed by atoms with Crippen molar-refractivity contribution in [3.05, 3.63) is 58.1 Å². The van der Waals surface area contributed by atoms with Crippen molar-refractivity contribution >= 4 is 40.5 Å². The predicted octanol–water partition coefficient (Wildman–Crippen LogP) is 5.06. The van der Waals surface area contributed by atoms with E-state index in [1.807, 2.05) is 0 Å². The predicted molar refractivity (Wildman–Crippen MR) is 85.0 cm³/mol. The maximum atomic E-state index is 12.8. The molecule has 0 saturated carbocycles. The summed E-state index contributed by atoms with van der Waals surface area (Å²) in [6, 6.07) is 9.97. The number of benzene rings is 2. The first-order valence-corrected chi connectivity index (χ1v) is 7.18. The van der Waals surface area contributed by atoms with Gasteiger partial charge >= 0.3 is 6.18 Å². The zero-order chi connectivity index (χ0) is 17.0. The van der Waals surface area contributed by atoms with Crippen LogP contribution in [0.5, 0.6) is 0 Å². The quantitative estimate of drug-likeness (QED) is 0.797. The molecule has 2 aromatic carbocycles. The Morgan fingerprint density at radius 3 is 2.39 bits per heavy atom. The van der Waals surface area contributed by atoms with Crippen LogP contribution in [0.15, 0.2) is 42.5 Å². The van der Waals surface area contributed by atoms with E-state index in [4.69, 9.17) is 23.2 Å². The van der Waals surface area contributed by atoms with Crippen LogP contribution in [0.4, 0.5) is 24.5 Å². The summed E-state index contributed by atoms with van der Waals surface area (Å²) in [6.45, 7) is -0.145. The fraction of sp³-hybridized carbons (Fsp3) is 0.133. The third kappa shape index (κ3) is 4.77. The highest BCUT2D eigenvalue weighted by molar-refractivity contribution is 6.33. The van der Waals surface area contributed by atoms with E-state index in [1.165, 1.54) is 6.07 Å². The summed E-state index contributed by atoms with van der Waals surface area (Å²) < 4.78 is 38.3. The summed E-state index contributed by atoms with van der Waals surface area (Å²) >= 11 is 11.4. The van der Waals surface area contributed by atoms with Gasteiger partial charge in [-0.1, -0.05) is 35.3 Å². The molecule has 0 aromatic heterocycles. The highest BCUT2D eigenvalue weighted by atomic mass is 35.5. The number of nitrogens with one attached hydrogen (secondary N) is 2. The molecule has 1 amide bonds. The average Bonchev–Trinajstić information content (AvgIpc) is 2.47. The molecule has 122 valence electrons. The molecule has 23 heavy (non-hydrogen) atoms. The van der Waals surface area contributed by atoms with Gasteiger partial charge in [-0.05, 0) is 30.3 Å². The van der Waals surface area contributed by atoms with E-state index in [0.717, 1.165) is 12.1 Å². The van der Waals surface area contributed by atoms with E-state index in [1.54, 1.807) is 24.3 Å². The summed E-state index contributed by atoms with van der Waals surface area (Å²) in [6.07, 6.45) is -4.59. The zero-order valence-corrected chi connectivity index (χ0v) is 13.1. The minimum atomic E-state index is -4.59. The van der Waals surface area contributed by atoms with Gasteiger partial charge in [-0.2, -0.15) is 13.2 Å². The van der Waals surface area contributed by atoms with Crippen LogP contribution in [0.2, 0.25) is 10.0 Å². The Hall–Kier alpha value is -1.92. The molecular weight excluding hydrogens is 352 g/mol. The molecule has 0 bridgehead atoms. The van der Waals surface area contributed by atoms with Gasteiger partial charge in [0.05, 0.1) is 27.8 Å². The summed E-state index contributed by atoms with van der Waals surface area (Å²) in [7, 11) is 0. The number of hydrogen-bond donors (Lipinski definition) is 2. The molecule has 0 radical (unpaired) electrons. The van der Waals surface area contributed by atoms with E-state index in [9.17, 15) is 18.0 Å². The fourth-order valence-electron chi connectivity index (χ4n) is 1.81. The standard InChI is InChI=1S/C15H11Cl2F3N2O/c16-11-6-5-9(7-10(11)15(18,19)20)22-14(23)8-21-13-4-2-1-3-12(13)17/h1-7,21H,8H2,(H,22,23). The number of halogens is 5. The van der Waals surface area contributed by atoms with E-state index in [0.29, 0.717) is 10.7 Å². The van der Waals surface area contributed by atoms with Crippen molar-refractivity contribution in [3.8, 4) is 0 Å². The van der Waals surface area contributed by atoms with Gasteiger partial charge in [-0.15, -0.1) is 0 Å². The molecule has 2 aromatic rings. The second-order valence-electron chi connectivity index (χ2n) is 4.57. The lowest BCUT2D eigenvalue weighted by atomic mass is 10.2. The molecule has 0 heterocycles. The topological polar surface area (TPSA) is 41.1 Å². The molecule has 3 nitrogen and oxygen atoms in total. The Balaban J connectivity index is 2.02. The average molecular weight is 363 g/mol. The zero-order valence-electron chi connectivity index (χ0n) is 11.5. The normalized spacial score (nSPS) is 11.2. The van der Waals surface area contributed by atoms with Crippen molar-refractivity contribution in [2.75, 3.05) is 17.2 Å². The maximum absolute atomic E-state index is 12.8. The Kier molecular flexibility index (Phi) is 5.38. The minimum absolute atomic E-state index is 0.00711. The van der Waals surface area contributed by atoms with Gasteiger partial charge in [-0.3, -0.25) is 4.79 Å². The molecule has 0 aliphatic heterocycles. The number of para-hydroxylation sites is 1. The molecule has 2 N–H and O–H groups in total. The Bertz CT molecular complexity index is 720.